The summed E-state index contributed by atoms with van der Waals surface area (Å²) in [6, 6.07) is 9.03. The average molecular weight is 535 g/mol. The first kappa shape index (κ1) is 25.6. The summed E-state index contributed by atoms with van der Waals surface area (Å²) in [4.78, 5) is 53.4. The van der Waals surface area contributed by atoms with Crippen molar-refractivity contribution < 1.29 is 28.3 Å². The third-order valence-electron chi connectivity index (χ3n) is 8.56. The van der Waals surface area contributed by atoms with Crippen LogP contribution in [-0.4, -0.2) is 65.8 Å². The summed E-state index contributed by atoms with van der Waals surface area (Å²) in [6.45, 7) is 4.49. The van der Waals surface area contributed by atoms with Gasteiger partial charge in [0, 0.05) is 37.4 Å². The highest BCUT2D eigenvalue weighted by atomic mass is 19.1. The fourth-order valence-electron chi connectivity index (χ4n) is 6.17. The van der Waals surface area contributed by atoms with Crippen molar-refractivity contribution in [1.29, 1.82) is 0 Å². The van der Waals surface area contributed by atoms with Gasteiger partial charge in [-0.25, -0.2) is 4.39 Å². The van der Waals surface area contributed by atoms with E-state index >= 15 is 4.39 Å². The summed E-state index contributed by atoms with van der Waals surface area (Å²) in [7, 11) is 0. The molecule has 1 atom stereocenters. The first-order chi connectivity index (χ1) is 18.8. The van der Waals surface area contributed by atoms with E-state index in [1.165, 1.54) is 6.07 Å². The number of fused-ring (bicyclic) bond motifs is 1. The lowest BCUT2D eigenvalue weighted by Crippen LogP contribution is -2.54. The predicted octanol–water partition coefficient (Wildman–Crippen LogP) is 2.84. The fraction of sp³-hybridized carbons (Fsp3) is 0.448. The van der Waals surface area contributed by atoms with Gasteiger partial charge in [0.15, 0.2) is 0 Å². The molecule has 1 spiro atoms. The second-order valence-corrected chi connectivity index (χ2v) is 11.0. The Morgan fingerprint density at radius 3 is 2.59 bits per heavy atom. The molecule has 4 aliphatic rings. The number of hydrogen-bond donors (Lipinski definition) is 2. The van der Waals surface area contributed by atoms with E-state index in [2.05, 4.69) is 15.5 Å². The molecule has 0 aliphatic carbocycles. The first-order valence-electron chi connectivity index (χ1n) is 13.5. The lowest BCUT2D eigenvalue weighted by Gasteiger charge is -2.38. The van der Waals surface area contributed by atoms with Crippen LogP contribution in [0.3, 0.4) is 0 Å². The van der Waals surface area contributed by atoms with E-state index in [-0.39, 0.29) is 36.3 Å². The number of carbonyl (C=O) groups excluding carboxylic acids is 4. The minimum Gasteiger partial charge on any atom is -0.381 e. The molecule has 3 fully saturated rings. The van der Waals surface area contributed by atoms with Crippen molar-refractivity contribution in [3.8, 4) is 0 Å². The summed E-state index contributed by atoms with van der Waals surface area (Å²) in [6.07, 6.45) is 3.50. The summed E-state index contributed by atoms with van der Waals surface area (Å²) < 4.78 is 20.7. The molecular formula is C29H31FN4O5. The molecule has 4 heterocycles. The van der Waals surface area contributed by atoms with Gasteiger partial charge in [0.25, 0.3) is 11.8 Å². The standard InChI is InChI=1S/C29H31FN4O5/c30-21-14-18(16-33-11-8-29(9-12-33)10-13-39-17-29)4-5-19(21)15-31-22-3-1-2-20-25(22)28(38)34(27(20)37)23-6-7-24(35)32-26(23)36/h1-5,14,23,31H,6-13,15-17H2,(H,32,35,36). The maximum absolute atomic E-state index is 15.1. The van der Waals surface area contributed by atoms with E-state index in [0.717, 1.165) is 56.0 Å². The van der Waals surface area contributed by atoms with Crippen LogP contribution in [0.4, 0.5) is 10.1 Å². The number of piperidine rings is 2. The van der Waals surface area contributed by atoms with E-state index in [0.29, 0.717) is 23.2 Å². The van der Waals surface area contributed by atoms with Crippen LogP contribution in [-0.2, 0) is 27.4 Å². The third kappa shape index (κ3) is 4.83. The van der Waals surface area contributed by atoms with Gasteiger partial charge in [-0.1, -0.05) is 18.2 Å². The van der Waals surface area contributed by atoms with Gasteiger partial charge in [-0.3, -0.25) is 34.3 Å². The van der Waals surface area contributed by atoms with Crippen LogP contribution >= 0.6 is 0 Å². The number of likely N-dealkylation sites (tertiary alicyclic amines) is 1. The second-order valence-electron chi connectivity index (χ2n) is 11.0. The van der Waals surface area contributed by atoms with Crippen molar-refractivity contribution in [2.24, 2.45) is 5.41 Å². The number of halogens is 1. The normalized spacial score (nSPS) is 22.9. The minimum atomic E-state index is -1.04. The monoisotopic (exact) mass is 534 g/mol. The van der Waals surface area contributed by atoms with Crippen LogP contribution in [0, 0.1) is 11.2 Å². The number of nitrogens with one attached hydrogen (secondary N) is 2. The summed E-state index contributed by atoms with van der Waals surface area (Å²) in [5, 5.41) is 5.30. The van der Waals surface area contributed by atoms with Crippen LogP contribution in [0.15, 0.2) is 36.4 Å². The van der Waals surface area contributed by atoms with Crippen LogP contribution in [0.1, 0.15) is 63.9 Å². The minimum absolute atomic E-state index is 0.0533. The molecular weight excluding hydrogens is 503 g/mol. The molecule has 4 amide bonds. The van der Waals surface area contributed by atoms with Crippen molar-refractivity contribution in [3.05, 3.63) is 64.5 Å². The van der Waals surface area contributed by atoms with E-state index in [1.807, 2.05) is 6.07 Å². The van der Waals surface area contributed by atoms with Crippen molar-refractivity contribution >= 4 is 29.3 Å². The van der Waals surface area contributed by atoms with Crippen LogP contribution in [0.2, 0.25) is 0 Å². The summed E-state index contributed by atoms with van der Waals surface area (Å²) in [5.74, 6) is -2.60. The van der Waals surface area contributed by atoms with Gasteiger partial charge in [-0.2, -0.15) is 0 Å². The Morgan fingerprint density at radius 1 is 1.05 bits per heavy atom. The number of hydrogen-bond acceptors (Lipinski definition) is 7. The molecule has 6 rings (SSSR count). The Kier molecular flexibility index (Phi) is 6.68. The zero-order chi connectivity index (χ0) is 27.1. The number of anilines is 1. The van der Waals surface area contributed by atoms with Gasteiger partial charge >= 0.3 is 0 Å². The number of rotatable bonds is 6. The molecule has 0 radical (unpaired) electrons. The van der Waals surface area contributed by atoms with Gasteiger partial charge in [0.05, 0.1) is 17.7 Å². The fourth-order valence-corrected chi connectivity index (χ4v) is 6.17. The smallest absolute Gasteiger partial charge is 0.264 e. The molecule has 10 heteroatoms. The molecule has 0 bridgehead atoms. The second kappa shape index (κ2) is 10.2. The number of carbonyl (C=O) groups is 4. The Bertz CT molecular complexity index is 1350. The van der Waals surface area contributed by atoms with Crippen molar-refractivity contribution in [2.45, 2.75) is 51.2 Å². The van der Waals surface area contributed by atoms with Crippen LogP contribution in [0.25, 0.3) is 0 Å². The van der Waals surface area contributed by atoms with E-state index in [9.17, 15) is 19.2 Å². The number of benzene rings is 2. The van der Waals surface area contributed by atoms with Crippen molar-refractivity contribution in [3.63, 3.8) is 0 Å². The maximum atomic E-state index is 15.1. The van der Waals surface area contributed by atoms with Gasteiger partial charge < -0.3 is 10.1 Å². The molecule has 39 heavy (non-hydrogen) atoms. The highest BCUT2D eigenvalue weighted by Gasteiger charge is 2.45. The van der Waals surface area contributed by atoms with E-state index < -0.39 is 29.7 Å². The molecule has 0 aromatic heterocycles. The number of ether oxygens (including phenoxy) is 1. The highest BCUT2D eigenvalue weighted by Crippen LogP contribution is 2.39. The van der Waals surface area contributed by atoms with Gasteiger partial charge in [0.2, 0.25) is 11.8 Å². The lowest BCUT2D eigenvalue weighted by atomic mass is 9.78. The average Bonchev–Trinajstić information content (AvgIpc) is 3.48. The van der Waals surface area contributed by atoms with Crippen molar-refractivity contribution in [1.82, 2.24) is 15.1 Å². The Labute approximate surface area is 225 Å². The third-order valence-corrected chi connectivity index (χ3v) is 8.56. The zero-order valence-corrected chi connectivity index (χ0v) is 21.6. The largest absolute Gasteiger partial charge is 0.381 e. The van der Waals surface area contributed by atoms with Gasteiger partial charge in [0.1, 0.15) is 11.9 Å². The predicted molar refractivity (Wildman–Crippen MR) is 139 cm³/mol. The summed E-state index contributed by atoms with van der Waals surface area (Å²) in [5.41, 5.74) is 2.41. The van der Waals surface area contributed by atoms with Crippen molar-refractivity contribution in [2.75, 3.05) is 31.6 Å². The molecule has 2 aromatic carbocycles. The van der Waals surface area contributed by atoms with E-state index in [4.69, 9.17) is 4.74 Å². The molecule has 2 aromatic rings. The Morgan fingerprint density at radius 2 is 1.87 bits per heavy atom. The lowest BCUT2D eigenvalue weighted by molar-refractivity contribution is -0.136. The Balaban J connectivity index is 1.11. The molecule has 0 saturated carbocycles. The molecule has 3 saturated heterocycles. The van der Waals surface area contributed by atoms with Gasteiger partial charge in [-0.15, -0.1) is 0 Å². The number of imide groups is 2. The zero-order valence-electron chi connectivity index (χ0n) is 21.6. The quantitative estimate of drug-likeness (QED) is 0.549. The highest BCUT2D eigenvalue weighted by molar-refractivity contribution is 6.25. The molecule has 4 aliphatic heterocycles. The first-order valence-corrected chi connectivity index (χ1v) is 13.5. The van der Waals surface area contributed by atoms with Crippen LogP contribution < -0.4 is 10.6 Å². The van der Waals surface area contributed by atoms with Crippen LogP contribution in [0.5, 0.6) is 0 Å². The van der Waals surface area contributed by atoms with Gasteiger partial charge in [-0.05, 0) is 68.0 Å². The summed E-state index contributed by atoms with van der Waals surface area (Å²) >= 11 is 0. The molecule has 9 nitrogen and oxygen atoms in total. The Hall–Kier alpha value is -3.63. The molecule has 1 unspecified atom stereocenters. The topological polar surface area (TPSA) is 108 Å². The maximum Gasteiger partial charge on any atom is 0.264 e. The molecule has 204 valence electrons. The number of nitrogens with zero attached hydrogens (tertiary/aromatic N) is 2. The van der Waals surface area contributed by atoms with E-state index in [1.54, 1.807) is 24.3 Å². The molecule has 2 N–H and O–H groups in total. The SMILES string of the molecule is O=C1CCC(N2C(=O)c3cccc(NCc4ccc(CN5CCC6(CCOC6)CC5)cc4F)c3C2=O)C(=O)N1. The number of amides is 4.